The zero-order chi connectivity index (χ0) is 15.2. The van der Waals surface area contributed by atoms with Crippen LogP contribution >= 0.6 is 0 Å². The Kier molecular flexibility index (Phi) is 5.60. The van der Waals surface area contributed by atoms with Gasteiger partial charge in [-0.1, -0.05) is 5.11 Å². The fourth-order valence-electron chi connectivity index (χ4n) is 2.26. The average Bonchev–Trinajstić information content (AvgIpc) is 2.43. The minimum absolute atomic E-state index is 0.0721. The van der Waals surface area contributed by atoms with E-state index in [0.717, 1.165) is 0 Å². The van der Waals surface area contributed by atoms with Crippen molar-refractivity contribution in [2.75, 3.05) is 40.3 Å². The summed E-state index contributed by atoms with van der Waals surface area (Å²) in [6.45, 7) is 1.57. The molecule has 0 aliphatic carbocycles. The Morgan fingerprint density at radius 2 is 2.05 bits per heavy atom. The molecule has 1 rings (SSSR count). The van der Waals surface area contributed by atoms with Gasteiger partial charge in [-0.05, 0) is 18.4 Å². The van der Waals surface area contributed by atoms with Gasteiger partial charge in [0.25, 0.3) is 0 Å². The molecule has 1 heterocycles. The van der Waals surface area contributed by atoms with Gasteiger partial charge in [-0.25, -0.2) is 4.79 Å². The summed E-state index contributed by atoms with van der Waals surface area (Å²) in [5, 5.41) is 6.47. The van der Waals surface area contributed by atoms with E-state index in [4.69, 9.17) is 11.3 Å². The summed E-state index contributed by atoms with van der Waals surface area (Å²) in [5.41, 5.74) is 12.9. The molecule has 0 radical (unpaired) electrons. The van der Waals surface area contributed by atoms with Crippen LogP contribution in [0, 0.1) is 0 Å². The van der Waals surface area contributed by atoms with Gasteiger partial charge in [0, 0.05) is 45.2 Å². The largest absolute Gasteiger partial charge is 0.368 e. The number of amides is 3. The molecule has 0 unspecified atom stereocenters. The molecule has 0 saturated carbocycles. The van der Waals surface area contributed by atoms with Crippen LogP contribution in [0.1, 0.15) is 12.8 Å². The van der Waals surface area contributed by atoms with E-state index in [-0.39, 0.29) is 12.6 Å². The Labute approximate surface area is 117 Å². The van der Waals surface area contributed by atoms with Crippen molar-refractivity contribution in [3.8, 4) is 0 Å². The first-order valence-electron chi connectivity index (χ1n) is 6.45. The van der Waals surface area contributed by atoms with E-state index in [1.54, 1.807) is 19.0 Å². The first-order valence-corrected chi connectivity index (χ1v) is 6.45. The maximum absolute atomic E-state index is 11.8. The number of hydrogen-bond donors (Lipinski definition) is 2. The molecule has 0 spiro atoms. The lowest BCUT2D eigenvalue weighted by atomic mass is 9.86. The molecule has 9 nitrogen and oxygen atoms in total. The second kappa shape index (κ2) is 6.97. The van der Waals surface area contributed by atoms with Crippen LogP contribution < -0.4 is 11.1 Å². The predicted molar refractivity (Wildman–Crippen MR) is 73.8 cm³/mol. The van der Waals surface area contributed by atoms with Crippen LogP contribution in [0.25, 0.3) is 10.4 Å². The predicted octanol–water partition coefficient (Wildman–Crippen LogP) is -0.112. The van der Waals surface area contributed by atoms with Crippen molar-refractivity contribution in [1.29, 1.82) is 0 Å². The summed E-state index contributed by atoms with van der Waals surface area (Å²) in [4.78, 5) is 29.4. The fraction of sp³-hybridized carbons (Fsp3) is 0.818. The lowest BCUT2D eigenvalue weighted by Crippen LogP contribution is -2.62. The number of nitrogens with zero attached hydrogens (tertiary/aromatic N) is 5. The first kappa shape index (κ1) is 16.1. The molecule has 0 aromatic heterocycles. The van der Waals surface area contributed by atoms with Crippen molar-refractivity contribution >= 4 is 11.9 Å². The van der Waals surface area contributed by atoms with Crippen molar-refractivity contribution < 1.29 is 9.59 Å². The molecular weight excluding hydrogens is 262 g/mol. The van der Waals surface area contributed by atoms with Gasteiger partial charge in [0.1, 0.15) is 5.54 Å². The van der Waals surface area contributed by atoms with Gasteiger partial charge in [0.2, 0.25) is 5.91 Å². The smallest absolute Gasteiger partial charge is 0.319 e. The van der Waals surface area contributed by atoms with E-state index in [1.807, 2.05) is 0 Å². The van der Waals surface area contributed by atoms with Crippen LogP contribution in [0.5, 0.6) is 0 Å². The molecule has 1 aliphatic rings. The molecule has 0 aromatic carbocycles. The Balaban J connectivity index is 2.61. The number of likely N-dealkylation sites (tertiary alicyclic amines) is 1. The van der Waals surface area contributed by atoms with Crippen LogP contribution in [0.2, 0.25) is 0 Å². The first-order chi connectivity index (χ1) is 9.43. The molecule has 112 valence electrons. The monoisotopic (exact) mass is 283 g/mol. The summed E-state index contributed by atoms with van der Waals surface area (Å²) in [7, 11) is 3.38. The highest BCUT2D eigenvalue weighted by Crippen LogP contribution is 2.22. The van der Waals surface area contributed by atoms with E-state index in [0.29, 0.717) is 32.5 Å². The molecule has 1 aliphatic heterocycles. The lowest BCUT2D eigenvalue weighted by molar-refractivity contribution is -0.126. The Bertz CT molecular complexity index is 409. The summed E-state index contributed by atoms with van der Waals surface area (Å²) < 4.78 is 0. The highest BCUT2D eigenvalue weighted by Gasteiger charge is 2.40. The molecular formula is C11H21N7O2. The number of urea groups is 1. The SMILES string of the molecule is CN(C)C(=O)N1CCC(NCCN=[N+]=[N-])(C(N)=O)CC1. The third-order valence-corrected chi connectivity index (χ3v) is 3.48. The number of nitrogens with two attached hydrogens (primary N) is 1. The minimum Gasteiger partial charge on any atom is -0.368 e. The van der Waals surface area contributed by atoms with Gasteiger partial charge in [-0.15, -0.1) is 0 Å². The number of piperidine rings is 1. The number of carbonyl (C=O) groups is 2. The Morgan fingerprint density at radius 1 is 1.45 bits per heavy atom. The standard InChI is InChI=1S/C11H21N7O2/c1-17(2)10(20)18-7-3-11(4-8-18,9(12)19)14-5-6-15-16-13/h14H,3-8H2,1-2H3,(H2,12,19). The van der Waals surface area contributed by atoms with E-state index in [9.17, 15) is 9.59 Å². The molecule has 1 saturated heterocycles. The van der Waals surface area contributed by atoms with E-state index >= 15 is 0 Å². The van der Waals surface area contributed by atoms with E-state index < -0.39 is 11.4 Å². The molecule has 1 fully saturated rings. The molecule has 3 N–H and O–H groups in total. The highest BCUT2D eigenvalue weighted by molar-refractivity contribution is 5.85. The topological polar surface area (TPSA) is 127 Å². The van der Waals surface area contributed by atoms with Crippen molar-refractivity contribution in [3.05, 3.63) is 10.4 Å². The summed E-state index contributed by atoms with van der Waals surface area (Å²) in [5.74, 6) is -0.435. The number of azide groups is 1. The number of carbonyl (C=O) groups excluding carboxylic acids is 2. The van der Waals surface area contributed by atoms with Gasteiger partial charge in [0.15, 0.2) is 0 Å². The average molecular weight is 283 g/mol. The molecule has 0 bridgehead atoms. The number of rotatable bonds is 5. The Hall–Kier alpha value is -1.99. The van der Waals surface area contributed by atoms with Crippen LogP contribution in [-0.4, -0.2) is 67.6 Å². The quantitative estimate of drug-likeness (QED) is 0.316. The number of nitrogens with one attached hydrogen (secondary N) is 1. The van der Waals surface area contributed by atoms with Gasteiger partial charge in [0.05, 0.1) is 0 Å². The second-order valence-corrected chi connectivity index (χ2v) is 4.99. The van der Waals surface area contributed by atoms with E-state index in [1.165, 1.54) is 4.90 Å². The zero-order valence-corrected chi connectivity index (χ0v) is 11.9. The minimum atomic E-state index is -0.825. The molecule has 0 atom stereocenters. The van der Waals surface area contributed by atoms with Crippen LogP contribution in [-0.2, 0) is 4.79 Å². The van der Waals surface area contributed by atoms with Crippen LogP contribution in [0.15, 0.2) is 5.11 Å². The molecule has 9 heteroatoms. The maximum atomic E-state index is 11.8. The molecule has 0 aromatic rings. The van der Waals surface area contributed by atoms with Crippen molar-refractivity contribution in [2.45, 2.75) is 18.4 Å². The van der Waals surface area contributed by atoms with Gasteiger partial charge in [-0.2, -0.15) is 0 Å². The molecule has 20 heavy (non-hydrogen) atoms. The van der Waals surface area contributed by atoms with Gasteiger partial charge in [-0.3, -0.25) is 4.79 Å². The Morgan fingerprint density at radius 3 is 2.50 bits per heavy atom. The van der Waals surface area contributed by atoms with Crippen molar-refractivity contribution in [2.24, 2.45) is 10.8 Å². The highest BCUT2D eigenvalue weighted by atomic mass is 16.2. The third-order valence-electron chi connectivity index (χ3n) is 3.48. The number of hydrogen-bond acceptors (Lipinski definition) is 4. The summed E-state index contributed by atoms with van der Waals surface area (Å²) in [6, 6.07) is -0.0721. The molecule has 3 amide bonds. The van der Waals surface area contributed by atoms with Crippen molar-refractivity contribution in [3.63, 3.8) is 0 Å². The van der Waals surface area contributed by atoms with Gasteiger partial charge < -0.3 is 20.9 Å². The summed E-state index contributed by atoms with van der Waals surface area (Å²) >= 11 is 0. The fourth-order valence-corrected chi connectivity index (χ4v) is 2.26. The van der Waals surface area contributed by atoms with E-state index in [2.05, 4.69) is 15.3 Å². The number of primary amides is 1. The summed E-state index contributed by atoms with van der Waals surface area (Å²) in [6.07, 6.45) is 0.913. The lowest BCUT2D eigenvalue weighted by Gasteiger charge is -2.40. The van der Waals surface area contributed by atoms with Crippen LogP contribution in [0.4, 0.5) is 4.79 Å². The maximum Gasteiger partial charge on any atom is 0.319 e. The van der Waals surface area contributed by atoms with Crippen molar-refractivity contribution in [1.82, 2.24) is 15.1 Å². The van der Waals surface area contributed by atoms with Gasteiger partial charge >= 0.3 is 6.03 Å². The normalized spacial score (nSPS) is 17.2. The third kappa shape index (κ3) is 3.75. The zero-order valence-electron chi connectivity index (χ0n) is 11.9. The second-order valence-electron chi connectivity index (χ2n) is 4.99. The van der Waals surface area contributed by atoms with Crippen LogP contribution in [0.3, 0.4) is 0 Å².